The van der Waals surface area contributed by atoms with Crippen molar-refractivity contribution in [1.29, 1.82) is 0 Å². The van der Waals surface area contributed by atoms with Gasteiger partial charge in [0.1, 0.15) is 12.2 Å². The lowest BCUT2D eigenvalue weighted by Gasteiger charge is -2.28. The Balaban J connectivity index is 2.71. The SMILES string of the molecule is CC[C@@H]1O[C@@H](C(C)(C)C)[C@@H](O)C1O. The molecule has 0 radical (unpaired) electrons. The zero-order valence-corrected chi connectivity index (χ0v) is 8.82. The predicted octanol–water partition coefficient (Wildman–Crippen LogP) is 0.932. The lowest BCUT2D eigenvalue weighted by atomic mass is 9.85. The van der Waals surface area contributed by atoms with E-state index in [1.807, 2.05) is 27.7 Å². The van der Waals surface area contributed by atoms with Gasteiger partial charge in [-0.15, -0.1) is 0 Å². The maximum absolute atomic E-state index is 9.72. The van der Waals surface area contributed by atoms with Crippen molar-refractivity contribution in [3.63, 3.8) is 0 Å². The molecule has 1 fully saturated rings. The Kier molecular flexibility index (Phi) is 3.00. The molecule has 0 bridgehead atoms. The van der Waals surface area contributed by atoms with Crippen molar-refractivity contribution in [2.75, 3.05) is 0 Å². The summed E-state index contributed by atoms with van der Waals surface area (Å²) < 4.78 is 5.60. The van der Waals surface area contributed by atoms with E-state index in [0.717, 1.165) is 6.42 Å². The van der Waals surface area contributed by atoms with Gasteiger partial charge in [-0.05, 0) is 11.8 Å². The van der Waals surface area contributed by atoms with Gasteiger partial charge < -0.3 is 14.9 Å². The minimum atomic E-state index is -0.745. The van der Waals surface area contributed by atoms with Crippen LogP contribution in [0, 0.1) is 5.41 Å². The molecule has 0 amide bonds. The number of ether oxygens (including phenoxy) is 1. The van der Waals surface area contributed by atoms with Crippen LogP contribution in [0.3, 0.4) is 0 Å². The first-order chi connectivity index (χ1) is 5.88. The van der Waals surface area contributed by atoms with Gasteiger partial charge in [-0.1, -0.05) is 27.7 Å². The summed E-state index contributed by atoms with van der Waals surface area (Å²) in [4.78, 5) is 0. The zero-order valence-electron chi connectivity index (χ0n) is 8.82. The second kappa shape index (κ2) is 3.56. The van der Waals surface area contributed by atoms with Crippen LogP contribution in [0.25, 0.3) is 0 Å². The van der Waals surface area contributed by atoms with Gasteiger partial charge in [0.05, 0.1) is 12.2 Å². The second-order valence-electron chi connectivity index (χ2n) is 4.85. The zero-order chi connectivity index (χ0) is 10.2. The van der Waals surface area contributed by atoms with Crippen LogP contribution in [0.15, 0.2) is 0 Å². The predicted molar refractivity (Wildman–Crippen MR) is 50.4 cm³/mol. The van der Waals surface area contributed by atoms with Crippen LogP contribution in [0.4, 0.5) is 0 Å². The van der Waals surface area contributed by atoms with Crippen molar-refractivity contribution in [3.05, 3.63) is 0 Å². The molecule has 0 aromatic carbocycles. The summed E-state index contributed by atoms with van der Waals surface area (Å²) in [6.45, 7) is 7.97. The van der Waals surface area contributed by atoms with Crippen LogP contribution in [0.5, 0.6) is 0 Å². The maximum atomic E-state index is 9.72. The lowest BCUT2D eigenvalue weighted by Crippen LogP contribution is -2.39. The van der Waals surface area contributed by atoms with Crippen LogP contribution in [-0.2, 0) is 4.74 Å². The van der Waals surface area contributed by atoms with Gasteiger partial charge in [0.15, 0.2) is 0 Å². The smallest absolute Gasteiger partial charge is 0.109 e. The molecule has 4 atom stereocenters. The second-order valence-corrected chi connectivity index (χ2v) is 4.85. The number of rotatable bonds is 1. The molecule has 78 valence electrons. The van der Waals surface area contributed by atoms with Crippen molar-refractivity contribution in [2.45, 2.75) is 58.5 Å². The number of hydrogen-bond acceptors (Lipinski definition) is 3. The summed E-state index contributed by atoms with van der Waals surface area (Å²) in [5.74, 6) is 0. The monoisotopic (exact) mass is 188 g/mol. The largest absolute Gasteiger partial charge is 0.388 e. The van der Waals surface area contributed by atoms with Gasteiger partial charge in [-0.25, -0.2) is 0 Å². The van der Waals surface area contributed by atoms with E-state index in [-0.39, 0.29) is 17.6 Å². The minimum absolute atomic E-state index is 0.121. The molecule has 1 heterocycles. The summed E-state index contributed by atoms with van der Waals surface area (Å²) in [5.41, 5.74) is -0.121. The number of hydrogen-bond donors (Lipinski definition) is 2. The van der Waals surface area contributed by atoms with E-state index in [0.29, 0.717) is 0 Å². The molecule has 3 nitrogen and oxygen atoms in total. The minimum Gasteiger partial charge on any atom is -0.388 e. The lowest BCUT2D eigenvalue weighted by molar-refractivity contribution is -0.0521. The third-order valence-corrected chi connectivity index (χ3v) is 2.62. The molecule has 2 N–H and O–H groups in total. The highest BCUT2D eigenvalue weighted by Crippen LogP contribution is 2.34. The molecule has 1 aliphatic rings. The van der Waals surface area contributed by atoms with Gasteiger partial charge in [0.2, 0.25) is 0 Å². The first-order valence-corrected chi connectivity index (χ1v) is 4.89. The van der Waals surface area contributed by atoms with E-state index in [9.17, 15) is 10.2 Å². The van der Waals surface area contributed by atoms with E-state index in [1.54, 1.807) is 0 Å². The molecule has 1 aliphatic heterocycles. The molecule has 1 unspecified atom stereocenters. The highest BCUT2D eigenvalue weighted by atomic mass is 16.5. The molecule has 1 rings (SSSR count). The summed E-state index contributed by atoms with van der Waals surface area (Å²) in [6.07, 6.45) is -1.20. The van der Waals surface area contributed by atoms with Crippen molar-refractivity contribution >= 4 is 0 Å². The number of aliphatic hydroxyl groups excluding tert-OH is 2. The Hall–Kier alpha value is -0.120. The van der Waals surface area contributed by atoms with Crippen molar-refractivity contribution in [1.82, 2.24) is 0 Å². The van der Waals surface area contributed by atoms with Gasteiger partial charge >= 0.3 is 0 Å². The highest BCUT2D eigenvalue weighted by molar-refractivity contribution is 4.95. The fourth-order valence-electron chi connectivity index (χ4n) is 1.80. The molecule has 13 heavy (non-hydrogen) atoms. The van der Waals surface area contributed by atoms with E-state index in [4.69, 9.17) is 4.74 Å². The van der Waals surface area contributed by atoms with Gasteiger partial charge in [0.25, 0.3) is 0 Å². The third-order valence-electron chi connectivity index (χ3n) is 2.62. The topological polar surface area (TPSA) is 49.7 Å². The Morgan fingerprint density at radius 1 is 1.15 bits per heavy atom. The fourth-order valence-corrected chi connectivity index (χ4v) is 1.80. The van der Waals surface area contributed by atoms with E-state index < -0.39 is 12.2 Å². The third kappa shape index (κ3) is 2.03. The van der Waals surface area contributed by atoms with Gasteiger partial charge in [-0.2, -0.15) is 0 Å². The van der Waals surface area contributed by atoms with Crippen LogP contribution in [-0.4, -0.2) is 34.6 Å². The molecule has 0 saturated carbocycles. The van der Waals surface area contributed by atoms with Crippen LogP contribution in [0.2, 0.25) is 0 Å². The van der Waals surface area contributed by atoms with E-state index >= 15 is 0 Å². The van der Waals surface area contributed by atoms with Crippen LogP contribution < -0.4 is 0 Å². The first kappa shape index (κ1) is 11.0. The normalized spacial score (nSPS) is 41.1. The Morgan fingerprint density at radius 3 is 1.92 bits per heavy atom. The van der Waals surface area contributed by atoms with Crippen molar-refractivity contribution in [3.8, 4) is 0 Å². The van der Waals surface area contributed by atoms with Crippen molar-refractivity contribution in [2.24, 2.45) is 5.41 Å². The Labute approximate surface area is 79.7 Å². The highest BCUT2D eigenvalue weighted by Gasteiger charge is 2.46. The summed E-state index contributed by atoms with van der Waals surface area (Å²) in [5, 5.41) is 19.3. The quantitative estimate of drug-likeness (QED) is 0.643. The maximum Gasteiger partial charge on any atom is 0.109 e. The van der Waals surface area contributed by atoms with Crippen LogP contribution >= 0.6 is 0 Å². The molecule has 0 aromatic rings. The standard InChI is InChI=1S/C10H20O3/c1-5-6-7(11)8(12)9(13-6)10(2,3)4/h6-9,11-12H,5H2,1-4H3/t6-,7?,8-,9+/m0/s1. The molecule has 0 spiro atoms. The molecule has 0 aliphatic carbocycles. The van der Waals surface area contributed by atoms with E-state index in [2.05, 4.69) is 0 Å². The number of aliphatic hydroxyl groups is 2. The molecule has 3 heteroatoms. The summed E-state index contributed by atoms with van der Waals surface area (Å²) in [6, 6.07) is 0. The van der Waals surface area contributed by atoms with Crippen LogP contribution in [0.1, 0.15) is 34.1 Å². The first-order valence-electron chi connectivity index (χ1n) is 4.89. The molecule has 0 aromatic heterocycles. The average molecular weight is 188 g/mol. The molecular formula is C10H20O3. The Bertz CT molecular complexity index is 173. The molecular weight excluding hydrogens is 168 g/mol. The van der Waals surface area contributed by atoms with Gasteiger partial charge in [-0.3, -0.25) is 0 Å². The summed E-state index contributed by atoms with van der Waals surface area (Å²) >= 11 is 0. The van der Waals surface area contributed by atoms with Gasteiger partial charge in [0, 0.05) is 0 Å². The molecule has 1 saturated heterocycles. The Morgan fingerprint density at radius 2 is 1.69 bits per heavy atom. The fraction of sp³-hybridized carbons (Fsp3) is 1.00. The summed E-state index contributed by atoms with van der Waals surface area (Å²) in [7, 11) is 0. The van der Waals surface area contributed by atoms with E-state index in [1.165, 1.54) is 0 Å². The average Bonchev–Trinajstić information content (AvgIpc) is 2.28. The van der Waals surface area contributed by atoms with Crippen molar-refractivity contribution < 1.29 is 14.9 Å².